The third-order valence-corrected chi connectivity index (χ3v) is 5.17. The largest absolute Gasteiger partial charge is 0.487 e. The van der Waals surface area contributed by atoms with Crippen LogP contribution >= 0.6 is 11.3 Å². The summed E-state index contributed by atoms with van der Waals surface area (Å²) in [5, 5.41) is 5.73. The summed E-state index contributed by atoms with van der Waals surface area (Å²) in [6, 6.07) is 16.5. The van der Waals surface area contributed by atoms with Crippen molar-refractivity contribution in [1.82, 2.24) is 10.3 Å². The predicted molar refractivity (Wildman–Crippen MR) is 116 cm³/mol. The van der Waals surface area contributed by atoms with Crippen LogP contribution in [0.25, 0.3) is 0 Å². The molecule has 0 radical (unpaired) electrons. The first-order valence-electron chi connectivity index (χ1n) is 9.68. The number of nitrogens with zero attached hydrogens (tertiary/aromatic N) is 1. The summed E-state index contributed by atoms with van der Waals surface area (Å²) in [4.78, 5) is 28.8. The van der Waals surface area contributed by atoms with Crippen molar-refractivity contribution in [2.75, 3.05) is 6.54 Å². The van der Waals surface area contributed by atoms with Crippen molar-refractivity contribution in [3.63, 3.8) is 0 Å². The molecule has 1 N–H and O–H groups in total. The quantitative estimate of drug-likeness (QED) is 0.527. The van der Waals surface area contributed by atoms with Crippen LogP contribution in [0.3, 0.4) is 0 Å². The molecule has 0 fully saturated rings. The SMILES string of the molecule is Cc1nc(COc2ccc(C(=O)OC(C)C(=O)NCCc3ccccc3)cc2)cs1. The highest BCUT2D eigenvalue weighted by Crippen LogP contribution is 2.16. The van der Waals surface area contributed by atoms with Crippen molar-refractivity contribution in [2.45, 2.75) is 33.0 Å². The van der Waals surface area contributed by atoms with Gasteiger partial charge in [0.15, 0.2) is 6.10 Å². The molecule has 2 aromatic carbocycles. The summed E-state index contributed by atoms with van der Waals surface area (Å²) in [6.07, 6.45) is -0.160. The fourth-order valence-electron chi connectivity index (χ4n) is 2.72. The van der Waals surface area contributed by atoms with Crippen LogP contribution in [-0.4, -0.2) is 29.5 Å². The van der Waals surface area contributed by atoms with Gasteiger partial charge in [-0.25, -0.2) is 9.78 Å². The maximum atomic E-state index is 12.3. The van der Waals surface area contributed by atoms with Crippen LogP contribution in [0.1, 0.15) is 33.5 Å². The van der Waals surface area contributed by atoms with Gasteiger partial charge in [0.05, 0.1) is 16.3 Å². The molecule has 0 saturated carbocycles. The van der Waals surface area contributed by atoms with Crippen LogP contribution in [0.5, 0.6) is 5.75 Å². The Morgan fingerprint density at radius 3 is 2.50 bits per heavy atom. The Kier molecular flexibility index (Phi) is 7.57. The van der Waals surface area contributed by atoms with Gasteiger partial charge in [0, 0.05) is 11.9 Å². The molecule has 7 heteroatoms. The molecule has 1 atom stereocenters. The maximum Gasteiger partial charge on any atom is 0.338 e. The molecule has 1 heterocycles. The summed E-state index contributed by atoms with van der Waals surface area (Å²) in [5.41, 5.74) is 2.36. The lowest BCUT2D eigenvalue weighted by atomic mass is 10.1. The number of benzene rings is 2. The molecule has 1 unspecified atom stereocenters. The number of esters is 1. The minimum absolute atomic E-state index is 0.321. The Bertz CT molecular complexity index is 970. The van der Waals surface area contributed by atoms with E-state index in [0.717, 1.165) is 22.7 Å². The van der Waals surface area contributed by atoms with Gasteiger partial charge in [-0.15, -0.1) is 11.3 Å². The van der Waals surface area contributed by atoms with E-state index in [9.17, 15) is 9.59 Å². The van der Waals surface area contributed by atoms with E-state index in [-0.39, 0.29) is 5.91 Å². The molecule has 1 aromatic heterocycles. The summed E-state index contributed by atoms with van der Waals surface area (Å²) in [6.45, 7) is 4.35. The standard InChI is InChI=1S/C23H24N2O4S/c1-16(22(26)24-13-12-18-6-4-3-5-7-18)29-23(27)19-8-10-21(11-9-19)28-14-20-15-30-17(2)25-20/h3-11,15-16H,12-14H2,1-2H3,(H,24,26). The number of hydrogen-bond acceptors (Lipinski definition) is 6. The maximum absolute atomic E-state index is 12.3. The van der Waals surface area contributed by atoms with Crippen LogP contribution in [-0.2, 0) is 22.6 Å². The van der Waals surface area contributed by atoms with Crippen molar-refractivity contribution >= 4 is 23.2 Å². The highest BCUT2D eigenvalue weighted by Gasteiger charge is 2.18. The van der Waals surface area contributed by atoms with E-state index < -0.39 is 12.1 Å². The van der Waals surface area contributed by atoms with Gasteiger partial charge in [0.1, 0.15) is 12.4 Å². The first-order valence-corrected chi connectivity index (χ1v) is 10.6. The van der Waals surface area contributed by atoms with Crippen LogP contribution in [0.2, 0.25) is 0 Å². The highest BCUT2D eigenvalue weighted by molar-refractivity contribution is 7.09. The molecule has 30 heavy (non-hydrogen) atoms. The van der Waals surface area contributed by atoms with Crippen LogP contribution in [0, 0.1) is 6.92 Å². The van der Waals surface area contributed by atoms with Gasteiger partial charge in [-0.2, -0.15) is 0 Å². The summed E-state index contributed by atoms with van der Waals surface area (Å²) >= 11 is 1.57. The van der Waals surface area contributed by atoms with E-state index in [0.29, 0.717) is 24.5 Å². The topological polar surface area (TPSA) is 77.5 Å². The van der Waals surface area contributed by atoms with Crippen molar-refractivity contribution in [3.05, 3.63) is 81.8 Å². The van der Waals surface area contributed by atoms with Crippen LogP contribution in [0.4, 0.5) is 0 Å². The fourth-order valence-corrected chi connectivity index (χ4v) is 3.32. The molecule has 0 aliphatic carbocycles. The average molecular weight is 425 g/mol. The molecule has 0 saturated heterocycles. The second kappa shape index (κ2) is 10.5. The van der Waals surface area contributed by atoms with E-state index >= 15 is 0 Å². The van der Waals surface area contributed by atoms with Gasteiger partial charge in [-0.05, 0) is 50.1 Å². The number of amides is 1. The van der Waals surface area contributed by atoms with Crippen molar-refractivity contribution in [3.8, 4) is 5.75 Å². The molecule has 3 rings (SSSR count). The number of carbonyl (C=O) groups excluding carboxylic acids is 2. The number of carbonyl (C=O) groups is 2. The van der Waals surface area contributed by atoms with Crippen molar-refractivity contribution in [2.24, 2.45) is 0 Å². The van der Waals surface area contributed by atoms with E-state index in [4.69, 9.17) is 9.47 Å². The number of rotatable bonds is 9. The predicted octanol–water partition coefficient (Wildman–Crippen LogP) is 3.93. The van der Waals surface area contributed by atoms with Crippen molar-refractivity contribution in [1.29, 1.82) is 0 Å². The highest BCUT2D eigenvalue weighted by atomic mass is 32.1. The fraction of sp³-hybridized carbons (Fsp3) is 0.261. The van der Waals surface area contributed by atoms with Crippen LogP contribution in [0.15, 0.2) is 60.0 Å². The van der Waals surface area contributed by atoms with Gasteiger partial charge in [-0.3, -0.25) is 4.79 Å². The second-order valence-corrected chi connectivity index (χ2v) is 7.81. The summed E-state index contributed by atoms with van der Waals surface area (Å²) < 4.78 is 10.9. The normalized spacial score (nSPS) is 11.5. The average Bonchev–Trinajstić information content (AvgIpc) is 3.18. The van der Waals surface area contributed by atoms with Crippen molar-refractivity contribution < 1.29 is 19.1 Å². The number of hydrogen-bond donors (Lipinski definition) is 1. The molecule has 3 aromatic rings. The Hall–Kier alpha value is -3.19. The molecular formula is C23H24N2O4S. The van der Waals surface area contributed by atoms with E-state index in [2.05, 4.69) is 10.3 Å². The number of ether oxygens (including phenoxy) is 2. The molecule has 0 spiro atoms. The Morgan fingerprint density at radius 1 is 1.10 bits per heavy atom. The summed E-state index contributed by atoms with van der Waals surface area (Å²) in [5.74, 6) is -0.246. The Balaban J connectivity index is 1.43. The zero-order chi connectivity index (χ0) is 21.3. The Labute approximate surface area is 179 Å². The smallest absolute Gasteiger partial charge is 0.338 e. The second-order valence-electron chi connectivity index (χ2n) is 6.75. The lowest BCUT2D eigenvalue weighted by Gasteiger charge is -2.14. The first kappa shape index (κ1) is 21.5. The van der Waals surface area contributed by atoms with Gasteiger partial charge < -0.3 is 14.8 Å². The molecule has 6 nitrogen and oxygen atoms in total. The third kappa shape index (κ3) is 6.42. The van der Waals surface area contributed by atoms with Gasteiger partial charge >= 0.3 is 5.97 Å². The molecule has 0 aliphatic rings. The lowest BCUT2D eigenvalue weighted by molar-refractivity contribution is -0.129. The molecule has 156 valence electrons. The zero-order valence-electron chi connectivity index (χ0n) is 17.0. The summed E-state index contributed by atoms with van der Waals surface area (Å²) in [7, 11) is 0. The zero-order valence-corrected chi connectivity index (χ0v) is 17.8. The third-order valence-electron chi connectivity index (χ3n) is 4.35. The van der Waals surface area contributed by atoms with Gasteiger partial charge in [0.25, 0.3) is 5.91 Å². The lowest BCUT2D eigenvalue weighted by Crippen LogP contribution is -2.36. The molecule has 0 aliphatic heterocycles. The van der Waals surface area contributed by atoms with E-state index in [1.54, 1.807) is 42.5 Å². The van der Waals surface area contributed by atoms with E-state index in [1.807, 2.05) is 42.6 Å². The monoisotopic (exact) mass is 424 g/mol. The molecular weight excluding hydrogens is 400 g/mol. The molecule has 0 bridgehead atoms. The van der Waals surface area contributed by atoms with Gasteiger partial charge in [-0.1, -0.05) is 30.3 Å². The number of aryl methyl sites for hydroxylation is 1. The minimum atomic E-state index is -0.878. The Morgan fingerprint density at radius 2 is 1.83 bits per heavy atom. The number of aromatic nitrogens is 1. The van der Waals surface area contributed by atoms with Gasteiger partial charge in [0.2, 0.25) is 0 Å². The minimum Gasteiger partial charge on any atom is -0.487 e. The first-order chi connectivity index (χ1) is 14.5. The number of thiazole rings is 1. The number of nitrogens with one attached hydrogen (secondary N) is 1. The van der Waals surface area contributed by atoms with E-state index in [1.165, 1.54) is 0 Å². The van der Waals surface area contributed by atoms with Crippen LogP contribution < -0.4 is 10.1 Å². The molecule has 1 amide bonds.